The van der Waals surface area contributed by atoms with Crippen LogP contribution in [0.3, 0.4) is 0 Å². The molecule has 0 atom stereocenters. The maximum Gasteiger partial charge on any atom is 0.181 e. The molecule has 0 unspecified atom stereocenters. The van der Waals surface area contributed by atoms with Crippen molar-refractivity contribution in [2.45, 2.75) is 40.4 Å². The van der Waals surface area contributed by atoms with Crippen LogP contribution in [0.2, 0.25) is 0 Å². The van der Waals surface area contributed by atoms with E-state index in [1.165, 1.54) is 23.1 Å². The maximum absolute atomic E-state index is 9.41. The molecule has 2 aromatic heterocycles. The average molecular weight is 323 g/mol. The fourth-order valence-corrected chi connectivity index (χ4v) is 4.15. The molecular weight excluding hydrogens is 310 g/mol. The van der Waals surface area contributed by atoms with E-state index < -0.39 is 0 Å². The first-order valence-electron chi connectivity index (χ1n) is 6.07. The van der Waals surface area contributed by atoms with Gasteiger partial charge in [-0.25, -0.2) is 0 Å². The van der Waals surface area contributed by atoms with Gasteiger partial charge in [0.2, 0.25) is 0 Å². The van der Waals surface area contributed by atoms with Crippen LogP contribution < -0.4 is 0 Å². The summed E-state index contributed by atoms with van der Waals surface area (Å²) in [5, 5.41) is 26.6. The third kappa shape index (κ3) is 3.11. The summed E-state index contributed by atoms with van der Waals surface area (Å²) < 4.78 is 1.69. The standard InChI is InChI=1S/C12H13N5S3/c1-4-7-8(6-13)10(15-14-9(7)5-2)19-12-17-16-11(18-3)20-12/h4-5H2,1-3H3. The van der Waals surface area contributed by atoms with E-state index in [1.54, 1.807) is 11.8 Å². The Morgan fingerprint density at radius 1 is 1.10 bits per heavy atom. The highest BCUT2D eigenvalue weighted by Gasteiger charge is 2.17. The minimum atomic E-state index is 0.616. The van der Waals surface area contributed by atoms with Gasteiger partial charge in [0.05, 0.1) is 11.3 Å². The molecule has 0 N–H and O–H groups in total. The van der Waals surface area contributed by atoms with Gasteiger partial charge >= 0.3 is 0 Å². The van der Waals surface area contributed by atoms with Crippen LogP contribution >= 0.6 is 34.9 Å². The maximum atomic E-state index is 9.41. The van der Waals surface area contributed by atoms with E-state index >= 15 is 0 Å². The smallest absolute Gasteiger partial charge is 0.181 e. The molecule has 5 nitrogen and oxygen atoms in total. The lowest BCUT2D eigenvalue weighted by molar-refractivity contribution is 0.817. The second-order valence-corrected chi connectivity index (χ2v) is 7.03. The van der Waals surface area contributed by atoms with Crippen molar-refractivity contribution < 1.29 is 0 Å². The van der Waals surface area contributed by atoms with Gasteiger partial charge in [-0.2, -0.15) is 10.4 Å². The summed E-state index contributed by atoms with van der Waals surface area (Å²) in [5.74, 6) is 0. The summed E-state index contributed by atoms with van der Waals surface area (Å²) in [6.07, 6.45) is 3.52. The quantitative estimate of drug-likeness (QED) is 0.782. The van der Waals surface area contributed by atoms with Crippen molar-refractivity contribution in [3.8, 4) is 6.07 Å². The van der Waals surface area contributed by atoms with E-state index in [-0.39, 0.29) is 0 Å². The summed E-state index contributed by atoms with van der Waals surface area (Å²) in [5.41, 5.74) is 2.50. The number of hydrogen-bond acceptors (Lipinski definition) is 8. The van der Waals surface area contributed by atoms with Gasteiger partial charge in [0, 0.05) is 0 Å². The van der Waals surface area contributed by atoms with Gasteiger partial charge in [0.25, 0.3) is 0 Å². The molecule has 0 fully saturated rings. The summed E-state index contributed by atoms with van der Waals surface area (Å²) >= 11 is 4.41. The number of thioether (sulfide) groups is 1. The highest BCUT2D eigenvalue weighted by atomic mass is 32.2. The molecular formula is C12H13N5S3. The van der Waals surface area contributed by atoms with Gasteiger partial charge in [-0.15, -0.1) is 15.3 Å². The number of aryl methyl sites for hydroxylation is 1. The minimum Gasteiger partial charge on any atom is -0.192 e. The van der Waals surface area contributed by atoms with Crippen LogP contribution in [0.1, 0.15) is 30.7 Å². The average Bonchev–Trinajstić information content (AvgIpc) is 2.94. The molecule has 2 rings (SSSR count). The Morgan fingerprint density at radius 3 is 2.40 bits per heavy atom. The molecule has 0 amide bonds. The van der Waals surface area contributed by atoms with Crippen molar-refractivity contribution in [1.29, 1.82) is 5.26 Å². The molecule has 20 heavy (non-hydrogen) atoms. The van der Waals surface area contributed by atoms with Gasteiger partial charge in [-0.3, -0.25) is 0 Å². The number of nitrogens with zero attached hydrogens (tertiary/aromatic N) is 5. The first-order valence-corrected chi connectivity index (χ1v) is 8.93. The Morgan fingerprint density at radius 2 is 1.85 bits per heavy atom. The topological polar surface area (TPSA) is 75.3 Å². The van der Waals surface area contributed by atoms with Crippen LogP contribution in [0, 0.1) is 11.3 Å². The zero-order chi connectivity index (χ0) is 14.5. The van der Waals surface area contributed by atoms with Gasteiger partial charge < -0.3 is 0 Å². The van der Waals surface area contributed by atoms with Gasteiger partial charge in [-0.1, -0.05) is 36.9 Å². The first-order chi connectivity index (χ1) is 9.73. The minimum absolute atomic E-state index is 0.616. The fourth-order valence-electron chi connectivity index (χ4n) is 1.74. The van der Waals surface area contributed by atoms with Crippen LogP contribution in [-0.4, -0.2) is 26.7 Å². The molecule has 0 aliphatic rings. The van der Waals surface area contributed by atoms with Crippen molar-refractivity contribution in [3.63, 3.8) is 0 Å². The summed E-state index contributed by atoms with van der Waals surface area (Å²) in [4.78, 5) is 0. The third-order valence-corrected chi connectivity index (χ3v) is 5.60. The zero-order valence-corrected chi connectivity index (χ0v) is 13.8. The van der Waals surface area contributed by atoms with Gasteiger partial charge in [-0.05, 0) is 36.4 Å². The molecule has 0 radical (unpaired) electrons. The Balaban J connectivity index is 2.39. The Bertz CT molecular complexity index is 647. The second kappa shape index (κ2) is 7.02. The second-order valence-electron chi connectivity index (χ2n) is 3.76. The molecule has 0 aliphatic heterocycles. The van der Waals surface area contributed by atoms with Crippen LogP contribution in [0.4, 0.5) is 0 Å². The predicted molar refractivity (Wildman–Crippen MR) is 81.3 cm³/mol. The highest BCUT2D eigenvalue weighted by Crippen LogP contribution is 2.34. The molecule has 104 valence electrons. The molecule has 0 bridgehead atoms. The lowest BCUT2D eigenvalue weighted by Crippen LogP contribution is -2.04. The SMILES string of the molecule is CCc1nnc(Sc2nnc(SC)s2)c(C#N)c1CC. The highest BCUT2D eigenvalue weighted by molar-refractivity contribution is 8.03. The molecule has 2 aromatic rings. The van der Waals surface area contributed by atoms with Gasteiger partial charge in [0.15, 0.2) is 8.68 Å². The van der Waals surface area contributed by atoms with Crippen molar-refractivity contribution in [1.82, 2.24) is 20.4 Å². The molecule has 0 saturated heterocycles. The van der Waals surface area contributed by atoms with Crippen LogP contribution in [0.25, 0.3) is 0 Å². The molecule has 0 aliphatic carbocycles. The van der Waals surface area contributed by atoms with E-state index in [0.29, 0.717) is 10.6 Å². The number of rotatable bonds is 5. The molecule has 0 aromatic carbocycles. The Kier molecular flexibility index (Phi) is 5.34. The van der Waals surface area contributed by atoms with Crippen molar-refractivity contribution in [2.75, 3.05) is 6.26 Å². The Labute approximate surface area is 130 Å². The van der Waals surface area contributed by atoms with Crippen LogP contribution in [0.5, 0.6) is 0 Å². The van der Waals surface area contributed by atoms with Crippen molar-refractivity contribution in [3.05, 3.63) is 16.8 Å². The lowest BCUT2D eigenvalue weighted by atomic mass is 10.1. The van der Waals surface area contributed by atoms with E-state index in [0.717, 1.165) is 32.8 Å². The van der Waals surface area contributed by atoms with Crippen molar-refractivity contribution in [2.24, 2.45) is 0 Å². The van der Waals surface area contributed by atoms with E-state index in [9.17, 15) is 5.26 Å². The van der Waals surface area contributed by atoms with Crippen molar-refractivity contribution >= 4 is 34.9 Å². The monoisotopic (exact) mass is 323 g/mol. The summed E-state index contributed by atoms with van der Waals surface area (Å²) in [7, 11) is 0. The fraction of sp³-hybridized carbons (Fsp3) is 0.417. The lowest BCUT2D eigenvalue weighted by Gasteiger charge is -2.08. The Hall–Kier alpha value is -1.17. The number of aromatic nitrogens is 4. The third-order valence-electron chi connectivity index (χ3n) is 2.67. The predicted octanol–water partition coefficient (Wildman–Crippen LogP) is 3.20. The summed E-state index contributed by atoms with van der Waals surface area (Å²) in [6, 6.07) is 2.26. The zero-order valence-electron chi connectivity index (χ0n) is 11.4. The van der Waals surface area contributed by atoms with Gasteiger partial charge in [0.1, 0.15) is 11.1 Å². The van der Waals surface area contributed by atoms with E-state index in [2.05, 4.69) is 26.5 Å². The number of hydrogen-bond donors (Lipinski definition) is 0. The normalized spacial score (nSPS) is 10.5. The molecule has 0 saturated carbocycles. The molecule has 0 spiro atoms. The van der Waals surface area contributed by atoms with Crippen LogP contribution in [-0.2, 0) is 12.8 Å². The first kappa shape index (κ1) is 15.2. The number of nitriles is 1. The molecule has 8 heteroatoms. The van der Waals surface area contributed by atoms with Crippen LogP contribution in [0.15, 0.2) is 13.7 Å². The largest absolute Gasteiger partial charge is 0.192 e. The summed E-state index contributed by atoms with van der Waals surface area (Å²) in [6.45, 7) is 4.05. The molecule has 2 heterocycles. The van der Waals surface area contributed by atoms with E-state index in [4.69, 9.17) is 0 Å². The van der Waals surface area contributed by atoms with E-state index in [1.807, 2.05) is 20.1 Å².